The molecule has 2 unspecified atom stereocenters. The minimum absolute atomic E-state index is 0. The van der Waals surface area contributed by atoms with E-state index in [-0.39, 0.29) is 12.4 Å². The highest BCUT2D eigenvalue weighted by Crippen LogP contribution is 2.39. The van der Waals surface area contributed by atoms with Crippen molar-refractivity contribution in [3.63, 3.8) is 0 Å². The second-order valence-electron chi connectivity index (χ2n) is 5.38. The van der Waals surface area contributed by atoms with Gasteiger partial charge in [0.25, 0.3) is 0 Å². The summed E-state index contributed by atoms with van der Waals surface area (Å²) in [6.45, 7) is 3.24. The molecular weight excluding hydrogens is 276 g/mol. The van der Waals surface area contributed by atoms with Gasteiger partial charge in [-0.2, -0.15) is 0 Å². The minimum Gasteiger partial charge on any atom is -0.380 e. The fourth-order valence-electron chi connectivity index (χ4n) is 2.38. The van der Waals surface area contributed by atoms with Crippen LogP contribution in [0.5, 0.6) is 0 Å². The number of nitrogens with one attached hydrogen (secondary N) is 1. The number of hydrogen-bond donors (Lipinski definition) is 2. The zero-order valence-corrected chi connectivity index (χ0v) is 12.4. The van der Waals surface area contributed by atoms with E-state index >= 15 is 0 Å². The molecule has 108 valence electrons. The molecule has 1 saturated carbocycles. The molecule has 0 radical (unpaired) electrons. The van der Waals surface area contributed by atoms with Crippen LogP contribution in [0, 0.1) is 5.92 Å². The lowest BCUT2D eigenvalue weighted by atomic mass is 9.98. The van der Waals surface area contributed by atoms with E-state index in [1.807, 2.05) is 6.92 Å². The van der Waals surface area contributed by atoms with Gasteiger partial charge in [0.1, 0.15) is 0 Å². The molecule has 1 heterocycles. The van der Waals surface area contributed by atoms with Crippen molar-refractivity contribution in [1.29, 1.82) is 0 Å². The highest BCUT2D eigenvalue weighted by atomic mass is 35.5. The Labute approximate surface area is 115 Å². The normalized spacial score (nSPS) is 28.2. The van der Waals surface area contributed by atoms with Crippen molar-refractivity contribution in [2.75, 3.05) is 19.8 Å². The van der Waals surface area contributed by atoms with Crippen molar-refractivity contribution < 1.29 is 13.2 Å². The molecule has 18 heavy (non-hydrogen) atoms. The number of nitrogens with two attached hydrogens (primary N) is 1. The van der Waals surface area contributed by atoms with Crippen molar-refractivity contribution in [3.8, 4) is 0 Å². The van der Waals surface area contributed by atoms with Crippen LogP contribution in [0.25, 0.3) is 0 Å². The summed E-state index contributed by atoms with van der Waals surface area (Å²) < 4.78 is 32.6. The Kier molecular flexibility index (Phi) is 5.44. The molecule has 0 aromatic rings. The van der Waals surface area contributed by atoms with Gasteiger partial charge in [0, 0.05) is 18.7 Å². The van der Waals surface area contributed by atoms with Crippen LogP contribution in [0.4, 0.5) is 0 Å². The van der Waals surface area contributed by atoms with Crippen LogP contribution >= 0.6 is 12.4 Å². The quantitative estimate of drug-likeness (QED) is 0.780. The largest absolute Gasteiger partial charge is 0.380 e. The van der Waals surface area contributed by atoms with E-state index in [1.54, 1.807) is 0 Å². The summed E-state index contributed by atoms with van der Waals surface area (Å²) >= 11 is 0. The Balaban J connectivity index is 0.00000162. The molecule has 2 fully saturated rings. The van der Waals surface area contributed by atoms with Gasteiger partial charge in [0.05, 0.1) is 11.9 Å². The van der Waals surface area contributed by atoms with Crippen molar-refractivity contribution in [3.05, 3.63) is 0 Å². The van der Waals surface area contributed by atoms with E-state index in [0.29, 0.717) is 32.1 Å². The van der Waals surface area contributed by atoms with Gasteiger partial charge in [0.2, 0.25) is 10.0 Å². The molecule has 2 atom stereocenters. The Hall–Kier alpha value is 0.120. The molecule has 2 aliphatic rings. The zero-order chi connectivity index (χ0) is 12.5. The molecule has 0 amide bonds. The van der Waals surface area contributed by atoms with Gasteiger partial charge >= 0.3 is 0 Å². The molecule has 1 aliphatic heterocycles. The summed E-state index contributed by atoms with van der Waals surface area (Å²) in [6.07, 6.45) is 3.63. The monoisotopic (exact) mass is 298 g/mol. The molecule has 0 aromatic heterocycles. The summed E-state index contributed by atoms with van der Waals surface area (Å²) in [5.74, 6) is 0.395. The van der Waals surface area contributed by atoms with Gasteiger partial charge in [-0.15, -0.1) is 12.4 Å². The predicted molar refractivity (Wildman–Crippen MR) is 73.3 cm³/mol. The molecule has 1 aliphatic carbocycles. The van der Waals surface area contributed by atoms with Gasteiger partial charge in [-0.25, -0.2) is 13.1 Å². The number of hydrogen-bond acceptors (Lipinski definition) is 4. The minimum atomic E-state index is -3.31. The zero-order valence-electron chi connectivity index (χ0n) is 10.7. The Morgan fingerprint density at radius 2 is 2.06 bits per heavy atom. The second kappa shape index (κ2) is 6.05. The summed E-state index contributed by atoms with van der Waals surface area (Å²) in [4.78, 5) is 0. The van der Waals surface area contributed by atoms with Crippen LogP contribution < -0.4 is 10.5 Å². The lowest BCUT2D eigenvalue weighted by Crippen LogP contribution is -2.56. The fraction of sp³-hybridized carbons (Fsp3) is 1.00. The standard InChI is InChI=1S/C11H22N2O3S.ClH/c1-11(8-12,9-4-5-9)13-17(14,15)10-3-2-6-16-7-10;/h9-10,13H,2-8,12H2,1H3;1H. The molecule has 0 spiro atoms. The van der Waals surface area contributed by atoms with E-state index in [1.165, 1.54) is 0 Å². The fourth-order valence-corrected chi connectivity index (χ4v) is 4.20. The second-order valence-corrected chi connectivity index (χ2v) is 7.34. The van der Waals surface area contributed by atoms with Gasteiger partial charge in [-0.1, -0.05) is 0 Å². The average molecular weight is 299 g/mol. The molecule has 0 aromatic carbocycles. The SMILES string of the molecule is CC(CN)(NS(=O)(=O)C1CCCOC1)C1CC1.Cl. The van der Waals surface area contributed by atoms with E-state index in [0.717, 1.165) is 19.3 Å². The van der Waals surface area contributed by atoms with E-state index in [4.69, 9.17) is 10.5 Å². The maximum absolute atomic E-state index is 12.2. The maximum Gasteiger partial charge on any atom is 0.217 e. The molecular formula is C11H23ClN2O3S. The third-order valence-electron chi connectivity index (χ3n) is 3.84. The Bertz CT molecular complexity index is 366. The van der Waals surface area contributed by atoms with Crippen molar-refractivity contribution >= 4 is 22.4 Å². The van der Waals surface area contributed by atoms with Crippen LogP contribution in [0.3, 0.4) is 0 Å². The lowest BCUT2D eigenvalue weighted by Gasteiger charge is -2.32. The van der Waals surface area contributed by atoms with Crippen molar-refractivity contribution in [2.24, 2.45) is 11.7 Å². The predicted octanol–water partition coefficient (Wildman–Crippen LogP) is 0.634. The molecule has 5 nitrogen and oxygen atoms in total. The number of ether oxygens (including phenoxy) is 1. The smallest absolute Gasteiger partial charge is 0.217 e. The van der Waals surface area contributed by atoms with Crippen LogP contribution in [0.1, 0.15) is 32.6 Å². The molecule has 7 heteroatoms. The van der Waals surface area contributed by atoms with Crippen molar-refractivity contribution in [2.45, 2.75) is 43.4 Å². The summed E-state index contributed by atoms with van der Waals surface area (Å²) in [5, 5.41) is -0.416. The first-order valence-corrected chi connectivity index (χ1v) is 7.83. The number of halogens is 1. The Morgan fingerprint density at radius 3 is 2.50 bits per heavy atom. The first-order valence-electron chi connectivity index (χ1n) is 6.28. The number of rotatable bonds is 5. The van der Waals surface area contributed by atoms with Crippen LogP contribution in [0.2, 0.25) is 0 Å². The van der Waals surface area contributed by atoms with Gasteiger partial charge in [-0.3, -0.25) is 0 Å². The lowest BCUT2D eigenvalue weighted by molar-refractivity contribution is 0.0984. The average Bonchev–Trinajstić information content (AvgIpc) is 3.14. The first kappa shape index (κ1) is 16.2. The van der Waals surface area contributed by atoms with E-state index < -0.39 is 20.8 Å². The highest BCUT2D eigenvalue weighted by molar-refractivity contribution is 7.90. The van der Waals surface area contributed by atoms with Crippen LogP contribution in [-0.2, 0) is 14.8 Å². The van der Waals surface area contributed by atoms with E-state index in [2.05, 4.69) is 4.72 Å². The molecule has 2 rings (SSSR count). The highest BCUT2D eigenvalue weighted by Gasteiger charge is 2.44. The molecule has 1 saturated heterocycles. The third-order valence-corrected chi connectivity index (χ3v) is 5.84. The molecule has 3 N–H and O–H groups in total. The van der Waals surface area contributed by atoms with E-state index in [9.17, 15) is 8.42 Å². The van der Waals surface area contributed by atoms with Crippen molar-refractivity contribution in [1.82, 2.24) is 4.72 Å². The number of sulfonamides is 1. The van der Waals surface area contributed by atoms with Crippen LogP contribution in [0.15, 0.2) is 0 Å². The van der Waals surface area contributed by atoms with Gasteiger partial charge in [0.15, 0.2) is 0 Å². The first-order chi connectivity index (χ1) is 7.98. The topological polar surface area (TPSA) is 81.4 Å². The third kappa shape index (κ3) is 3.57. The summed E-state index contributed by atoms with van der Waals surface area (Å²) in [6, 6.07) is 0. The van der Waals surface area contributed by atoms with Crippen LogP contribution in [-0.4, -0.2) is 39.0 Å². The molecule has 0 bridgehead atoms. The summed E-state index contributed by atoms with van der Waals surface area (Å²) in [5.41, 5.74) is 5.25. The van der Waals surface area contributed by atoms with Gasteiger partial charge in [-0.05, 0) is 38.5 Å². The Morgan fingerprint density at radius 1 is 1.39 bits per heavy atom. The summed E-state index contributed by atoms with van der Waals surface area (Å²) in [7, 11) is -3.31. The van der Waals surface area contributed by atoms with Gasteiger partial charge < -0.3 is 10.5 Å². The maximum atomic E-state index is 12.2.